The third-order valence-corrected chi connectivity index (χ3v) is 2.75. The molecule has 0 spiro atoms. The highest BCUT2D eigenvalue weighted by Crippen LogP contribution is 2.31. The van der Waals surface area contributed by atoms with Crippen molar-refractivity contribution < 1.29 is 32.6 Å². The van der Waals surface area contributed by atoms with Crippen molar-refractivity contribution >= 4 is 11.9 Å². The van der Waals surface area contributed by atoms with Crippen molar-refractivity contribution in [3.63, 3.8) is 0 Å². The van der Waals surface area contributed by atoms with E-state index in [0.29, 0.717) is 12.8 Å². The molecule has 0 bridgehead atoms. The molecule has 1 aliphatic rings. The van der Waals surface area contributed by atoms with E-state index in [1.807, 2.05) is 0 Å². The summed E-state index contributed by atoms with van der Waals surface area (Å²) in [4.78, 5) is 22.1. The molecular weight excluding hydrogens is 241 g/mol. The number of ether oxygens (including phenoxy) is 1. The predicted molar refractivity (Wildman–Crippen MR) is 47.5 cm³/mol. The smallest absolute Gasteiger partial charge is 0.422 e. The number of carboxylic acid groups (broad SMARTS) is 1. The first-order valence-corrected chi connectivity index (χ1v) is 5.25. The van der Waals surface area contributed by atoms with Crippen LogP contribution >= 0.6 is 0 Å². The van der Waals surface area contributed by atoms with Gasteiger partial charge in [0.05, 0.1) is 5.92 Å². The average molecular weight is 253 g/mol. The van der Waals surface area contributed by atoms with Gasteiger partial charge in [-0.1, -0.05) is 12.8 Å². The molecular formula is C10H12F3O4-. The number of alkyl halides is 3. The molecule has 0 heterocycles. The van der Waals surface area contributed by atoms with Gasteiger partial charge in [-0.15, -0.1) is 0 Å². The monoisotopic (exact) mass is 253 g/mol. The molecule has 2 atom stereocenters. The highest BCUT2D eigenvalue weighted by molar-refractivity contribution is 5.80. The number of hydrogen-bond acceptors (Lipinski definition) is 4. The van der Waals surface area contributed by atoms with Crippen molar-refractivity contribution in [2.45, 2.75) is 31.9 Å². The van der Waals surface area contributed by atoms with Crippen LogP contribution in [0, 0.1) is 11.8 Å². The van der Waals surface area contributed by atoms with Crippen molar-refractivity contribution in [2.24, 2.45) is 11.8 Å². The van der Waals surface area contributed by atoms with E-state index in [4.69, 9.17) is 0 Å². The zero-order chi connectivity index (χ0) is 13.1. The lowest BCUT2D eigenvalue weighted by Gasteiger charge is -2.30. The van der Waals surface area contributed by atoms with Crippen LogP contribution in [0.3, 0.4) is 0 Å². The van der Waals surface area contributed by atoms with Crippen LogP contribution in [0.1, 0.15) is 25.7 Å². The molecule has 98 valence electrons. The molecule has 1 saturated carbocycles. The lowest BCUT2D eigenvalue weighted by atomic mass is 9.79. The third-order valence-electron chi connectivity index (χ3n) is 2.75. The van der Waals surface area contributed by atoms with Gasteiger partial charge in [0, 0.05) is 11.9 Å². The lowest BCUT2D eigenvalue weighted by Crippen LogP contribution is -2.41. The van der Waals surface area contributed by atoms with Crippen LogP contribution in [0.5, 0.6) is 0 Å². The minimum atomic E-state index is -4.60. The largest absolute Gasteiger partial charge is 0.550 e. The molecule has 0 radical (unpaired) electrons. The van der Waals surface area contributed by atoms with Gasteiger partial charge in [-0.2, -0.15) is 13.2 Å². The Morgan fingerprint density at radius 2 is 1.71 bits per heavy atom. The number of aliphatic carboxylic acids is 1. The number of carbonyl (C=O) groups excluding carboxylic acids is 2. The number of carboxylic acids is 1. The maximum Gasteiger partial charge on any atom is 0.422 e. The fourth-order valence-corrected chi connectivity index (χ4v) is 1.96. The molecule has 1 aliphatic carbocycles. The summed E-state index contributed by atoms with van der Waals surface area (Å²) < 4.78 is 39.6. The number of hydrogen-bond donors (Lipinski definition) is 0. The standard InChI is InChI=1S/C10H13F3O4/c11-10(12,13)5-17-9(16)7-4-2-1-3-6(7)8(14)15/h6-7H,1-5H2,(H,14,15)/p-1. The van der Waals surface area contributed by atoms with Crippen molar-refractivity contribution in [1.82, 2.24) is 0 Å². The summed E-state index contributed by atoms with van der Waals surface area (Å²) in [6.45, 7) is -1.68. The maximum absolute atomic E-state index is 11.8. The van der Waals surface area contributed by atoms with Gasteiger partial charge in [-0.25, -0.2) is 0 Å². The van der Waals surface area contributed by atoms with Crippen LogP contribution in [-0.4, -0.2) is 24.7 Å². The van der Waals surface area contributed by atoms with Crippen molar-refractivity contribution in [3.05, 3.63) is 0 Å². The van der Waals surface area contributed by atoms with E-state index < -0.39 is 36.6 Å². The molecule has 1 rings (SSSR count). The SMILES string of the molecule is O=C([O-])C1CCCCC1C(=O)OCC(F)(F)F. The van der Waals surface area contributed by atoms with E-state index >= 15 is 0 Å². The third kappa shape index (κ3) is 4.24. The number of halogens is 3. The van der Waals surface area contributed by atoms with E-state index in [2.05, 4.69) is 4.74 Å². The summed E-state index contributed by atoms with van der Waals surface area (Å²) in [7, 11) is 0. The topological polar surface area (TPSA) is 66.4 Å². The second-order valence-electron chi connectivity index (χ2n) is 4.04. The molecule has 7 heteroatoms. The van der Waals surface area contributed by atoms with Crippen LogP contribution in [0.15, 0.2) is 0 Å². The van der Waals surface area contributed by atoms with E-state index in [-0.39, 0.29) is 12.8 Å². The molecule has 0 aliphatic heterocycles. The Labute approximate surface area is 95.7 Å². The van der Waals surface area contributed by atoms with Crippen molar-refractivity contribution in [3.8, 4) is 0 Å². The lowest BCUT2D eigenvalue weighted by molar-refractivity contribution is -0.314. The van der Waals surface area contributed by atoms with Crippen LogP contribution < -0.4 is 5.11 Å². The summed E-state index contributed by atoms with van der Waals surface area (Å²) in [5.74, 6) is -4.56. The zero-order valence-electron chi connectivity index (χ0n) is 8.96. The molecule has 2 unspecified atom stereocenters. The molecule has 4 nitrogen and oxygen atoms in total. The number of carbonyl (C=O) groups is 2. The zero-order valence-corrected chi connectivity index (χ0v) is 8.96. The Morgan fingerprint density at radius 3 is 2.18 bits per heavy atom. The number of rotatable bonds is 3. The number of esters is 1. The fourth-order valence-electron chi connectivity index (χ4n) is 1.96. The second kappa shape index (κ2) is 5.37. The molecule has 0 aromatic heterocycles. The van der Waals surface area contributed by atoms with Gasteiger partial charge < -0.3 is 14.6 Å². The van der Waals surface area contributed by atoms with Gasteiger partial charge in [0.15, 0.2) is 6.61 Å². The Hall–Kier alpha value is -1.27. The summed E-state index contributed by atoms with van der Waals surface area (Å²) in [5.41, 5.74) is 0. The van der Waals surface area contributed by atoms with Gasteiger partial charge in [0.25, 0.3) is 0 Å². The van der Waals surface area contributed by atoms with Crippen LogP contribution in [0.4, 0.5) is 13.2 Å². The quantitative estimate of drug-likeness (QED) is 0.692. The van der Waals surface area contributed by atoms with Crippen LogP contribution in [0.2, 0.25) is 0 Å². The minimum absolute atomic E-state index is 0.231. The second-order valence-corrected chi connectivity index (χ2v) is 4.04. The molecule has 1 fully saturated rings. The Kier molecular flexibility index (Phi) is 4.36. The minimum Gasteiger partial charge on any atom is -0.550 e. The van der Waals surface area contributed by atoms with E-state index in [9.17, 15) is 27.9 Å². The van der Waals surface area contributed by atoms with Crippen molar-refractivity contribution in [1.29, 1.82) is 0 Å². The normalized spacial score (nSPS) is 25.4. The molecule has 0 amide bonds. The fraction of sp³-hybridized carbons (Fsp3) is 0.800. The van der Waals surface area contributed by atoms with Crippen LogP contribution in [-0.2, 0) is 14.3 Å². The predicted octanol–water partition coefficient (Wildman–Crippen LogP) is 0.648. The summed E-state index contributed by atoms with van der Waals surface area (Å²) in [5, 5.41) is 10.7. The summed E-state index contributed by atoms with van der Waals surface area (Å²) >= 11 is 0. The molecule has 0 aromatic rings. The van der Waals surface area contributed by atoms with E-state index in [1.54, 1.807) is 0 Å². The van der Waals surface area contributed by atoms with Gasteiger partial charge in [-0.3, -0.25) is 4.79 Å². The summed E-state index contributed by atoms with van der Waals surface area (Å²) in [6.07, 6.45) is -2.89. The van der Waals surface area contributed by atoms with Gasteiger partial charge in [0.2, 0.25) is 0 Å². The van der Waals surface area contributed by atoms with E-state index in [1.165, 1.54) is 0 Å². The molecule has 0 N–H and O–H groups in total. The summed E-state index contributed by atoms with van der Waals surface area (Å²) in [6, 6.07) is 0. The Morgan fingerprint density at radius 1 is 1.18 bits per heavy atom. The highest BCUT2D eigenvalue weighted by atomic mass is 19.4. The van der Waals surface area contributed by atoms with Gasteiger partial charge >= 0.3 is 12.1 Å². The molecule has 0 saturated heterocycles. The van der Waals surface area contributed by atoms with Crippen LogP contribution in [0.25, 0.3) is 0 Å². The first-order valence-electron chi connectivity index (χ1n) is 5.25. The average Bonchev–Trinajstić information content (AvgIpc) is 2.25. The highest BCUT2D eigenvalue weighted by Gasteiger charge is 2.36. The van der Waals surface area contributed by atoms with Crippen molar-refractivity contribution in [2.75, 3.05) is 6.61 Å². The first kappa shape index (κ1) is 13.8. The molecule has 17 heavy (non-hydrogen) atoms. The van der Waals surface area contributed by atoms with Gasteiger partial charge in [-0.05, 0) is 12.8 Å². The Bertz CT molecular complexity index is 300. The first-order chi connectivity index (χ1) is 7.81. The van der Waals surface area contributed by atoms with Gasteiger partial charge in [0.1, 0.15) is 0 Å². The maximum atomic E-state index is 11.8. The Balaban J connectivity index is 2.56. The van der Waals surface area contributed by atoms with E-state index in [0.717, 1.165) is 0 Å². The molecule has 0 aromatic carbocycles.